The maximum Gasteiger partial charge on any atom is 0.174 e. The minimum absolute atomic E-state index is 0.0433. The number of aliphatic hydroxyl groups excluding tert-OH is 3. The SMILES string of the molecule is CCCCCCCCCCC(O)C[N+](CC=O)(CCO)CCO. The molecule has 0 saturated carbocycles. The topological polar surface area (TPSA) is 77.8 Å². The van der Waals surface area contributed by atoms with E-state index in [-0.39, 0.29) is 24.2 Å². The van der Waals surface area contributed by atoms with E-state index in [0.29, 0.717) is 19.6 Å². The molecule has 0 aliphatic carbocycles. The lowest BCUT2D eigenvalue weighted by Gasteiger charge is -2.37. The fraction of sp³-hybridized carbons (Fsp3) is 0.944. The van der Waals surface area contributed by atoms with Crippen molar-refractivity contribution in [3.05, 3.63) is 0 Å². The van der Waals surface area contributed by atoms with Gasteiger partial charge in [0.2, 0.25) is 0 Å². The van der Waals surface area contributed by atoms with Crippen molar-refractivity contribution in [1.29, 1.82) is 0 Å². The normalized spacial score (nSPS) is 13.2. The third-order valence-electron chi connectivity index (χ3n) is 4.60. The summed E-state index contributed by atoms with van der Waals surface area (Å²) in [5, 5.41) is 28.7. The summed E-state index contributed by atoms with van der Waals surface area (Å²) in [6.45, 7) is 3.59. The molecule has 0 aromatic carbocycles. The van der Waals surface area contributed by atoms with Gasteiger partial charge in [0, 0.05) is 0 Å². The van der Waals surface area contributed by atoms with Gasteiger partial charge in [0.25, 0.3) is 0 Å². The molecule has 0 bridgehead atoms. The quantitative estimate of drug-likeness (QED) is 0.216. The number of aliphatic hydroxyl groups is 3. The van der Waals surface area contributed by atoms with Gasteiger partial charge in [0.1, 0.15) is 32.3 Å². The van der Waals surface area contributed by atoms with Crippen molar-refractivity contribution in [2.75, 3.05) is 39.4 Å². The second-order valence-corrected chi connectivity index (χ2v) is 6.69. The van der Waals surface area contributed by atoms with Crippen LogP contribution in [0.2, 0.25) is 0 Å². The van der Waals surface area contributed by atoms with Gasteiger partial charge >= 0.3 is 0 Å². The minimum Gasteiger partial charge on any atom is -0.391 e. The van der Waals surface area contributed by atoms with Gasteiger partial charge in [-0.05, 0) is 6.42 Å². The highest BCUT2D eigenvalue weighted by Gasteiger charge is 2.29. The molecule has 0 aliphatic rings. The summed E-state index contributed by atoms with van der Waals surface area (Å²) in [5.74, 6) is 0. The standard InChI is InChI=1S/C18H38NO4/c1-2-3-4-5-6-7-8-9-10-18(23)17-19(11-14-20,12-15-21)13-16-22/h14,18,21-23H,2-13,15-17H2,1H3/q+1. The number of rotatable bonds is 17. The van der Waals surface area contributed by atoms with Gasteiger partial charge in [0.05, 0.1) is 13.2 Å². The van der Waals surface area contributed by atoms with E-state index < -0.39 is 6.10 Å². The molecule has 0 aliphatic heterocycles. The van der Waals surface area contributed by atoms with Crippen LogP contribution < -0.4 is 0 Å². The van der Waals surface area contributed by atoms with E-state index in [9.17, 15) is 20.1 Å². The molecule has 0 saturated heterocycles. The van der Waals surface area contributed by atoms with Crippen LogP contribution in [0.4, 0.5) is 0 Å². The summed E-state index contributed by atoms with van der Waals surface area (Å²) in [7, 11) is 0. The molecule has 138 valence electrons. The average Bonchev–Trinajstić information content (AvgIpc) is 2.50. The Balaban J connectivity index is 3.98. The van der Waals surface area contributed by atoms with E-state index in [0.717, 1.165) is 25.5 Å². The molecular formula is C18H38NO4+. The van der Waals surface area contributed by atoms with E-state index in [4.69, 9.17) is 0 Å². The third-order valence-corrected chi connectivity index (χ3v) is 4.60. The smallest absolute Gasteiger partial charge is 0.174 e. The van der Waals surface area contributed by atoms with Crippen LogP contribution in [0.5, 0.6) is 0 Å². The molecule has 0 fully saturated rings. The summed E-state index contributed by atoms with van der Waals surface area (Å²) in [5.41, 5.74) is 0. The van der Waals surface area contributed by atoms with Crippen LogP contribution >= 0.6 is 0 Å². The van der Waals surface area contributed by atoms with Crippen LogP contribution in [0.25, 0.3) is 0 Å². The number of carbonyl (C=O) groups is 1. The monoisotopic (exact) mass is 332 g/mol. The van der Waals surface area contributed by atoms with Crippen molar-refractivity contribution in [3.63, 3.8) is 0 Å². The van der Waals surface area contributed by atoms with Crippen molar-refractivity contribution in [2.24, 2.45) is 0 Å². The molecule has 3 N–H and O–H groups in total. The number of carbonyl (C=O) groups excluding carboxylic acids is 1. The third kappa shape index (κ3) is 11.7. The fourth-order valence-electron chi connectivity index (χ4n) is 3.19. The second kappa shape index (κ2) is 15.1. The van der Waals surface area contributed by atoms with Crippen molar-refractivity contribution >= 4 is 6.29 Å². The predicted octanol–water partition coefficient (Wildman–Crippen LogP) is 1.88. The van der Waals surface area contributed by atoms with E-state index in [2.05, 4.69) is 6.92 Å². The van der Waals surface area contributed by atoms with Gasteiger partial charge < -0.3 is 19.8 Å². The zero-order valence-corrected chi connectivity index (χ0v) is 15.0. The van der Waals surface area contributed by atoms with Crippen LogP contribution in [0, 0.1) is 0 Å². The summed E-state index contributed by atoms with van der Waals surface area (Å²) < 4.78 is 0.273. The first-order chi connectivity index (χ1) is 11.1. The lowest BCUT2D eigenvalue weighted by atomic mass is 10.0. The zero-order valence-electron chi connectivity index (χ0n) is 15.0. The number of hydrogen-bond donors (Lipinski definition) is 3. The Kier molecular flexibility index (Phi) is 14.7. The minimum atomic E-state index is -0.479. The Morgan fingerprint density at radius 1 is 0.913 bits per heavy atom. The second-order valence-electron chi connectivity index (χ2n) is 6.69. The molecule has 0 amide bonds. The number of hydrogen-bond acceptors (Lipinski definition) is 4. The predicted molar refractivity (Wildman–Crippen MR) is 93.2 cm³/mol. The zero-order chi connectivity index (χ0) is 17.4. The first kappa shape index (κ1) is 22.5. The van der Waals surface area contributed by atoms with E-state index in [1.807, 2.05) is 0 Å². The van der Waals surface area contributed by atoms with Crippen LogP contribution in [0.3, 0.4) is 0 Å². The number of nitrogens with zero attached hydrogens (tertiary/aromatic N) is 1. The highest BCUT2D eigenvalue weighted by Crippen LogP contribution is 2.14. The molecule has 5 nitrogen and oxygen atoms in total. The van der Waals surface area contributed by atoms with Crippen molar-refractivity contribution in [1.82, 2.24) is 0 Å². The van der Waals surface area contributed by atoms with Gasteiger partial charge in [0.15, 0.2) is 6.29 Å². The van der Waals surface area contributed by atoms with Crippen LogP contribution in [0.15, 0.2) is 0 Å². The Morgan fingerprint density at radius 3 is 1.91 bits per heavy atom. The van der Waals surface area contributed by atoms with E-state index in [1.165, 1.54) is 38.5 Å². The van der Waals surface area contributed by atoms with Gasteiger partial charge in [-0.15, -0.1) is 0 Å². The molecule has 23 heavy (non-hydrogen) atoms. The maximum atomic E-state index is 10.9. The molecule has 0 spiro atoms. The number of quaternary nitrogens is 1. The lowest BCUT2D eigenvalue weighted by molar-refractivity contribution is -0.923. The summed E-state index contributed by atoms with van der Waals surface area (Å²) in [6.07, 6.45) is 10.9. The molecule has 0 heterocycles. The molecule has 1 atom stereocenters. The lowest BCUT2D eigenvalue weighted by Crippen LogP contribution is -2.56. The fourth-order valence-corrected chi connectivity index (χ4v) is 3.19. The van der Waals surface area contributed by atoms with E-state index >= 15 is 0 Å². The molecule has 5 heteroatoms. The molecule has 1 unspecified atom stereocenters. The summed E-state index contributed by atoms with van der Waals surface area (Å²) in [4.78, 5) is 10.9. The Labute approximate surface area is 141 Å². The first-order valence-electron chi connectivity index (χ1n) is 9.32. The van der Waals surface area contributed by atoms with Crippen LogP contribution in [-0.2, 0) is 4.79 Å². The van der Waals surface area contributed by atoms with Crippen molar-refractivity contribution in [3.8, 4) is 0 Å². The Bertz CT molecular complexity index is 268. The van der Waals surface area contributed by atoms with Gasteiger partial charge in [-0.1, -0.05) is 58.3 Å². The van der Waals surface area contributed by atoms with Gasteiger partial charge in [-0.3, -0.25) is 4.79 Å². The molecule has 0 rings (SSSR count). The molecule has 0 aromatic rings. The van der Waals surface area contributed by atoms with Crippen molar-refractivity contribution in [2.45, 2.75) is 70.8 Å². The summed E-state index contributed by atoms with van der Waals surface area (Å²) >= 11 is 0. The summed E-state index contributed by atoms with van der Waals surface area (Å²) in [6, 6.07) is 0. The maximum absolute atomic E-state index is 10.9. The largest absolute Gasteiger partial charge is 0.391 e. The molecule has 0 radical (unpaired) electrons. The van der Waals surface area contributed by atoms with Crippen LogP contribution in [0.1, 0.15) is 64.7 Å². The number of aldehydes is 1. The Hall–Kier alpha value is -0.490. The van der Waals surface area contributed by atoms with E-state index in [1.54, 1.807) is 0 Å². The molecular weight excluding hydrogens is 294 g/mol. The first-order valence-corrected chi connectivity index (χ1v) is 9.32. The van der Waals surface area contributed by atoms with Crippen molar-refractivity contribution < 1.29 is 24.6 Å². The average molecular weight is 333 g/mol. The highest BCUT2D eigenvalue weighted by atomic mass is 16.3. The van der Waals surface area contributed by atoms with Gasteiger partial charge in [-0.25, -0.2) is 0 Å². The molecule has 0 aromatic heterocycles. The number of unbranched alkanes of at least 4 members (excludes halogenated alkanes) is 7. The van der Waals surface area contributed by atoms with Gasteiger partial charge in [-0.2, -0.15) is 0 Å². The van der Waals surface area contributed by atoms with Crippen LogP contribution in [-0.4, -0.2) is 71.6 Å². The Morgan fingerprint density at radius 2 is 1.43 bits per heavy atom. The highest BCUT2D eigenvalue weighted by molar-refractivity contribution is 5.50.